The number of rotatable bonds is 5. The first-order valence-electron chi connectivity index (χ1n) is 7.36. The van der Waals surface area contributed by atoms with E-state index in [1.54, 1.807) is 17.8 Å². The van der Waals surface area contributed by atoms with Gasteiger partial charge in [0.05, 0.1) is 5.69 Å². The molecule has 8 nitrogen and oxygen atoms in total. The molecule has 24 heavy (non-hydrogen) atoms. The van der Waals surface area contributed by atoms with Gasteiger partial charge in [-0.05, 0) is 31.5 Å². The Bertz CT molecular complexity index is 868. The Labute approximate surface area is 138 Å². The predicted octanol–water partition coefficient (Wildman–Crippen LogP) is 2.10. The van der Waals surface area contributed by atoms with Gasteiger partial charge in [0.2, 0.25) is 0 Å². The van der Waals surface area contributed by atoms with Crippen molar-refractivity contribution in [3.8, 4) is 17.3 Å². The fourth-order valence-corrected chi connectivity index (χ4v) is 2.21. The van der Waals surface area contributed by atoms with Crippen LogP contribution in [0.1, 0.15) is 11.3 Å². The Morgan fingerprint density at radius 2 is 2.08 bits per heavy atom. The molecule has 2 aromatic heterocycles. The quantitative estimate of drug-likeness (QED) is 0.771. The van der Waals surface area contributed by atoms with E-state index >= 15 is 0 Å². The molecule has 0 saturated carbocycles. The van der Waals surface area contributed by atoms with Gasteiger partial charge in [0.15, 0.2) is 6.61 Å². The average Bonchev–Trinajstić information content (AvgIpc) is 3.12. The summed E-state index contributed by atoms with van der Waals surface area (Å²) in [4.78, 5) is 11.9. The maximum absolute atomic E-state index is 11.9. The number of benzene rings is 1. The highest BCUT2D eigenvalue weighted by atomic mass is 16.5. The number of para-hydroxylation sites is 1. The van der Waals surface area contributed by atoms with Crippen molar-refractivity contribution < 1.29 is 13.9 Å². The lowest BCUT2D eigenvalue weighted by Gasteiger charge is -2.07. The number of ether oxygens (including phenoxy) is 1. The number of carbonyl (C=O) groups is 1. The highest BCUT2D eigenvalue weighted by molar-refractivity contribution is 5.89. The van der Waals surface area contributed by atoms with Crippen molar-refractivity contribution in [3.63, 3.8) is 0 Å². The summed E-state index contributed by atoms with van der Waals surface area (Å²) in [7, 11) is 1.78. The second-order valence-corrected chi connectivity index (χ2v) is 5.31. The van der Waals surface area contributed by atoms with Crippen LogP contribution in [-0.2, 0) is 11.8 Å². The van der Waals surface area contributed by atoms with E-state index in [2.05, 4.69) is 20.6 Å². The summed E-state index contributed by atoms with van der Waals surface area (Å²) < 4.78 is 12.5. The van der Waals surface area contributed by atoms with Crippen LogP contribution >= 0.6 is 0 Å². The third kappa shape index (κ3) is 3.43. The molecule has 0 aliphatic carbocycles. The maximum Gasteiger partial charge on any atom is 0.322 e. The van der Waals surface area contributed by atoms with E-state index < -0.39 is 0 Å². The molecule has 3 rings (SSSR count). The minimum absolute atomic E-state index is 0.0160. The predicted molar refractivity (Wildman–Crippen MR) is 86.5 cm³/mol. The SMILES string of the molecule is Cc1cc(-c2nnc(NC(=O)COc3ccccc3C)o2)n(C)n1. The highest BCUT2D eigenvalue weighted by Gasteiger charge is 2.15. The van der Waals surface area contributed by atoms with Gasteiger partial charge >= 0.3 is 6.01 Å². The van der Waals surface area contributed by atoms with Gasteiger partial charge in [0.1, 0.15) is 11.4 Å². The molecule has 0 atom stereocenters. The van der Waals surface area contributed by atoms with E-state index in [4.69, 9.17) is 9.15 Å². The van der Waals surface area contributed by atoms with E-state index in [9.17, 15) is 4.79 Å². The highest BCUT2D eigenvalue weighted by Crippen LogP contribution is 2.20. The summed E-state index contributed by atoms with van der Waals surface area (Å²) in [5.74, 6) is 0.562. The summed E-state index contributed by atoms with van der Waals surface area (Å²) in [6.45, 7) is 3.63. The number of hydrogen-bond donors (Lipinski definition) is 1. The number of carbonyl (C=O) groups excluding carboxylic acids is 1. The lowest BCUT2D eigenvalue weighted by atomic mass is 10.2. The van der Waals surface area contributed by atoms with Gasteiger partial charge in [-0.3, -0.25) is 14.8 Å². The molecule has 0 saturated heterocycles. The number of nitrogens with zero attached hydrogens (tertiary/aromatic N) is 4. The van der Waals surface area contributed by atoms with Gasteiger partial charge in [0.25, 0.3) is 11.8 Å². The van der Waals surface area contributed by atoms with Gasteiger partial charge < -0.3 is 9.15 Å². The number of hydrogen-bond acceptors (Lipinski definition) is 6. The molecule has 8 heteroatoms. The molecule has 1 amide bonds. The molecule has 0 spiro atoms. The van der Waals surface area contributed by atoms with Gasteiger partial charge in [-0.25, -0.2) is 0 Å². The molecule has 3 aromatic rings. The molecule has 0 unspecified atom stereocenters. The molecule has 0 aliphatic rings. The van der Waals surface area contributed by atoms with Crippen LogP contribution in [0.15, 0.2) is 34.7 Å². The molecule has 1 aromatic carbocycles. The monoisotopic (exact) mass is 327 g/mol. The van der Waals surface area contributed by atoms with Gasteiger partial charge in [-0.2, -0.15) is 5.10 Å². The van der Waals surface area contributed by atoms with Crippen molar-refractivity contribution >= 4 is 11.9 Å². The van der Waals surface area contributed by atoms with Crippen molar-refractivity contribution in [3.05, 3.63) is 41.6 Å². The second-order valence-electron chi connectivity index (χ2n) is 5.31. The molecule has 0 aliphatic heterocycles. The summed E-state index contributed by atoms with van der Waals surface area (Å²) in [5, 5.41) is 14.4. The topological polar surface area (TPSA) is 95.1 Å². The number of amides is 1. The fraction of sp³-hybridized carbons (Fsp3) is 0.250. The van der Waals surface area contributed by atoms with Gasteiger partial charge in [-0.15, -0.1) is 5.10 Å². The lowest BCUT2D eigenvalue weighted by Crippen LogP contribution is -2.20. The Morgan fingerprint density at radius 1 is 1.29 bits per heavy atom. The first kappa shape index (κ1) is 15.7. The third-order valence-electron chi connectivity index (χ3n) is 3.34. The first-order valence-corrected chi connectivity index (χ1v) is 7.36. The van der Waals surface area contributed by atoms with E-state index in [0.717, 1.165) is 11.3 Å². The summed E-state index contributed by atoms with van der Waals surface area (Å²) in [6, 6.07) is 9.30. The van der Waals surface area contributed by atoms with Crippen LogP contribution in [0.3, 0.4) is 0 Å². The van der Waals surface area contributed by atoms with Crippen LogP contribution in [0, 0.1) is 13.8 Å². The zero-order valence-electron chi connectivity index (χ0n) is 13.6. The van der Waals surface area contributed by atoms with Crippen molar-refractivity contribution in [2.75, 3.05) is 11.9 Å². The Kier molecular flexibility index (Phi) is 4.28. The molecule has 0 bridgehead atoms. The van der Waals surface area contributed by atoms with Gasteiger partial charge in [0, 0.05) is 7.05 Å². The second kappa shape index (κ2) is 6.53. The minimum atomic E-state index is -0.380. The molecular formula is C16H17N5O3. The number of aromatic nitrogens is 4. The van der Waals surface area contributed by atoms with E-state index in [1.165, 1.54) is 0 Å². The number of nitrogens with one attached hydrogen (secondary N) is 1. The van der Waals surface area contributed by atoms with Crippen molar-refractivity contribution in [2.24, 2.45) is 7.05 Å². The zero-order valence-corrected chi connectivity index (χ0v) is 13.6. The van der Waals surface area contributed by atoms with Crippen LogP contribution in [0.25, 0.3) is 11.6 Å². The summed E-state index contributed by atoms with van der Waals surface area (Å²) in [6.07, 6.45) is 0. The Hall–Kier alpha value is -3.16. The summed E-state index contributed by atoms with van der Waals surface area (Å²) >= 11 is 0. The van der Waals surface area contributed by atoms with Gasteiger partial charge in [-0.1, -0.05) is 23.3 Å². The molecule has 124 valence electrons. The van der Waals surface area contributed by atoms with E-state index in [0.29, 0.717) is 11.4 Å². The van der Waals surface area contributed by atoms with E-state index in [1.807, 2.05) is 38.1 Å². The Balaban J connectivity index is 1.61. The number of anilines is 1. The fourth-order valence-electron chi connectivity index (χ4n) is 2.21. The molecule has 1 N–H and O–H groups in total. The lowest BCUT2D eigenvalue weighted by molar-refractivity contribution is -0.118. The number of aryl methyl sites for hydroxylation is 3. The molecule has 0 radical (unpaired) electrons. The zero-order chi connectivity index (χ0) is 17.1. The van der Waals surface area contributed by atoms with Crippen LogP contribution in [-0.4, -0.2) is 32.5 Å². The normalized spacial score (nSPS) is 10.6. The van der Waals surface area contributed by atoms with Crippen LogP contribution in [0.2, 0.25) is 0 Å². The van der Waals surface area contributed by atoms with E-state index in [-0.39, 0.29) is 24.4 Å². The van der Waals surface area contributed by atoms with Crippen molar-refractivity contribution in [2.45, 2.75) is 13.8 Å². The minimum Gasteiger partial charge on any atom is -0.483 e. The summed E-state index contributed by atoms with van der Waals surface area (Å²) in [5.41, 5.74) is 2.47. The molecule has 0 fully saturated rings. The average molecular weight is 327 g/mol. The van der Waals surface area contributed by atoms with Crippen LogP contribution in [0.5, 0.6) is 5.75 Å². The van der Waals surface area contributed by atoms with Crippen molar-refractivity contribution in [1.29, 1.82) is 0 Å². The largest absolute Gasteiger partial charge is 0.483 e. The van der Waals surface area contributed by atoms with Crippen LogP contribution < -0.4 is 10.1 Å². The first-order chi connectivity index (χ1) is 11.5. The molecule has 2 heterocycles. The molecular weight excluding hydrogens is 310 g/mol. The Morgan fingerprint density at radius 3 is 2.79 bits per heavy atom. The van der Waals surface area contributed by atoms with Crippen LogP contribution in [0.4, 0.5) is 6.01 Å². The standard InChI is InChI=1S/C16H17N5O3/c1-10-6-4-5-7-13(10)23-9-14(22)17-16-19-18-15(24-16)12-8-11(2)20-21(12)3/h4-8H,9H2,1-3H3,(H,17,19,22). The third-order valence-corrected chi connectivity index (χ3v) is 3.34. The van der Waals surface area contributed by atoms with Crippen molar-refractivity contribution in [1.82, 2.24) is 20.0 Å². The maximum atomic E-state index is 11.9. The smallest absolute Gasteiger partial charge is 0.322 e.